The number of hydrogen-bond acceptors (Lipinski definition) is 4. The molecule has 0 aliphatic carbocycles. The van der Waals surface area contributed by atoms with Crippen molar-refractivity contribution >= 4 is 22.5 Å². The summed E-state index contributed by atoms with van der Waals surface area (Å²) in [6.07, 6.45) is 0. The lowest BCUT2D eigenvalue weighted by Crippen LogP contribution is -2.37. The van der Waals surface area contributed by atoms with Crippen LogP contribution < -0.4 is 15.6 Å². The van der Waals surface area contributed by atoms with Crippen LogP contribution in [0.5, 0.6) is 5.75 Å². The topological polar surface area (TPSA) is 68.5 Å². The number of hydrazine groups is 1. The normalized spacial score (nSPS) is 10.6. The third-order valence-electron chi connectivity index (χ3n) is 4.57. The highest BCUT2D eigenvalue weighted by Crippen LogP contribution is 2.37. The van der Waals surface area contributed by atoms with Crippen LogP contribution in [0.15, 0.2) is 84.9 Å². The van der Waals surface area contributed by atoms with E-state index in [1.54, 1.807) is 19.2 Å². The lowest BCUT2D eigenvalue weighted by Gasteiger charge is -2.21. The smallest absolute Gasteiger partial charge is 0.277 e. The Balaban J connectivity index is 1.97. The highest BCUT2D eigenvalue weighted by molar-refractivity contribution is 6.16. The van der Waals surface area contributed by atoms with Crippen molar-refractivity contribution in [3.8, 4) is 17.0 Å². The minimum absolute atomic E-state index is 0.362. The van der Waals surface area contributed by atoms with Crippen LogP contribution >= 0.6 is 0 Å². The second kappa shape index (κ2) is 7.50. The summed E-state index contributed by atoms with van der Waals surface area (Å²) in [7, 11) is 1.54. The van der Waals surface area contributed by atoms with Gasteiger partial charge in [0.2, 0.25) is 0 Å². The molecule has 0 saturated heterocycles. The quantitative estimate of drug-likeness (QED) is 0.328. The van der Waals surface area contributed by atoms with Crippen LogP contribution in [-0.4, -0.2) is 18.0 Å². The summed E-state index contributed by atoms with van der Waals surface area (Å²) in [5, 5.41) is 1.83. The molecule has 0 atom stereocenters. The minimum Gasteiger partial charge on any atom is -0.494 e. The van der Waals surface area contributed by atoms with Crippen LogP contribution in [-0.2, 0) is 0 Å². The van der Waals surface area contributed by atoms with Crippen molar-refractivity contribution in [3.63, 3.8) is 0 Å². The van der Waals surface area contributed by atoms with E-state index < -0.39 is 0 Å². The second-order valence-electron chi connectivity index (χ2n) is 6.26. The Labute approximate surface area is 163 Å². The summed E-state index contributed by atoms with van der Waals surface area (Å²) in [5.41, 5.74) is 3.15. The molecule has 0 radical (unpaired) electrons. The first-order valence-corrected chi connectivity index (χ1v) is 8.87. The Bertz CT molecular complexity index is 1130. The number of methoxy groups -OCH3 is 1. The Morgan fingerprint density at radius 3 is 2.18 bits per heavy atom. The molecule has 4 aromatic rings. The van der Waals surface area contributed by atoms with Gasteiger partial charge in [0.05, 0.1) is 23.9 Å². The summed E-state index contributed by atoms with van der Waals surface area (Å²) in [4.78, 5) is 18.2. The van der Waals surface area contributed by atoms with Gasteiger partial charge in [-0.15, -0.1) is 0 Å². The van der Waals surface area contributed by atoms with E-state index in [0.717, 1.165) is 10.6 Å². The van der Waals surface area contributed by atoms with E-state index in [0.29, 0.717) is 33.6 Å². The van der Waals surface area contributed by atoms with Gasteiger partial charge in [-0.25, -0.2) is 15.8 Å². The SMILES string of the molecule is COc1c(-c2ccccc2)nc2ccccc2c1C(=O)N(N)c1ccccc1. The van der Waals surface area contributed by atoms with Crippen molar-refractivity contribution in [2.75, 3.05) is 12.1 Å². The number of nitrogens with two attached hydrogens (primary N) is 1. The molecule has 3 aromatic carbocycles. The number of fused-ring (bicyclic) bond motifs is 1. The van der Waals surface area contributed by atoms with Crippen molar-refractivity contribution < 1.29 is 9.53 Å². The fraction of sp³-hybridized carbons (Fsp3) is 0.0435. The monoisotopic (exact) mass is 369 g/mol. The van der Waals surface area contributed by atoms with Crippen molar-refractivity contribution in [2.45, 2.75) is 0 Å². The molecule has 0 fully saturated rings. The molecule has 2 N–H and O–H groups in total. The van der Waals surface area contributed by atoms with Gasteiger partial charge >= 0.3 is 0 Å². The molecule has 0 unspecified atom stereocenters. The molecule has 1 aromatic heterocycles. The molecular weight excluding hydrogens is 350 g/mol. The van der Waals surface area contributed by atoms with E-state index >= 15 is 0 Å². The highest BCUT2D eigenvalue weighted by atomic mass is 16.5. The molecule has 138 valence electrons. The van der Waals surface area contributed by atoms with Gasteiger partial charge in [0, 0.05) is 10.9 Å². The summed E-state index contributed by atoms with van der Waals surface area (Å²) in [6.45, 7) is 0. The number of carbonyl (C=O) groups excluding carboxylic acids is 1. The number of rotatable bonds is 4. The van der Waals surface area contributed by atoms with Gasteiger partial charge in [-0.05, 0) is 18.2 Å². The largest absolute Gasteiger partial charge is 0.494 e. The van der Waals surface area contributed by atoms with Crippen LogP contribution in [0.3, 0.4) is 0 Å². The molecule has 0 spiro atoms. The fourth-order valence-corrected chi connectivity index (χ4v) is 3.22. The average Bonchev–Trinajstić information content (AvgIpc) is 2.78. The standard InChI is InChI=1S/C23H19N3O2/c1-28-22-20(23(27)26(24)17-12-6-3-7-13-17)18-14-8-9-15-19(18)25-21(22)16-10-4-2-5-11-16/h2-15H,24H2,1H3. The molecular formula is C23H19N3O2. The number of nitrogens with zero attached hydrogens (tertiary/aromatic N) is 2. The molecule has 0 aliphatic rings. The lowest BCUT2D eigenvalue weighted by molar-refractivity contribution is 0.0985. The maximum atomic E-state index is 13.4. The molecule has 5 nitrogen and oxygen atoms in total. The molecule has 0 saturated carbocycles. The zero-order chi connectivity index (χ0) is 19.5. The Kier molecular flexibility index (Phi) is 4.74. The maximum Gasteiger partial charge on any atom is 0.277 e. The number of anilines is 1. The first kappa shape index (κ1) is 17.7. The number of para-hydroxylation sites is 2. The minimum atomic E-state index is -0.362. The van der Waals surface area contributed by atoms with Gasteiger partial charge in [-0.2, -0.15) is 0 Å². The van der Waals surface area contributed by atoms with E-state index in [-0.39, 0.29) is 5.91 Å². The summed E-state index contributed by atoms with van der Waals surface area (Å²) >= 11 is 0. The van der Waals surface area contributed by atoms with Gasteiger partial charge in [0.1, 0.15) is 5.69 Å². The van der Waals surface area contributed by atoms with Crippen molar-refractivity contribution in [1.82, 2.24) is 4.98 Å². The zero-order valence-corrected chi connectivity index (χ0v) is 15.4. The molecule has 1 amide bonds. The summed E-state index contributed by atoms with van der Waals surface area (Å²) < 4.78 is 5.68. The highest BCUT2D eigenvalue weighted by Gasteiger charge is 2.25. The number of hydrogen-bond donors (Lipinski definition) is 1. The van der Waals surface area contributed by atoms with E-state index in [2.05, 4.69) is 0 Å². The Hall–Kier alpha value is -3.70. The maximum absolute atomic E-state index is 13.4. The van der Waals surface area contributed by atoms with E-state index in [1.165, 1.54) is 0 Å². The molecule has 5 heteroatoms. The van der Waals surface area contributed by atoms with Crippen LogP contribution in [0.25, 0.3) is 22.2 Å². The van der Waals surface area contributed by atoms with E-state index in [4.69, 9.17) is 15.6 Å². The zero-order valence-electron chi connectivity index (χ0n) is 15.4. The molecule has 0 bridgehead atoms. The van der Waals surface area contributed by atoms with Gasteiger partial charge in [0.15, 0.2) is 5.75 Å². The molecule has 0 aliphatic heterocycles. The number of aromatic nitrogens is 1. The van der Waals surface area contributed by atoms with Crippen molar-refractivity contribution in [3.05, 3.63) is 90.5 Å². The Morgan fingerprint density at radius 2 is 1.50 bits per heavy atom. The Morgan fingerprint density at radius 1 is 0.893 bits per heavy atom. The number of carbonyl (C=O) groups is 1. The average molecular weight is 369 g/mol. The third-order valence-corrected chi connectivity index (χ3v) is 4.57. The van der Waals surface area contributed by atoms with Crippen LogP contribution in [0.2, 0.25) is 0 Å². The predicted molar refractivity (Wildman–Crippen MR) is 111 cm³/mol. The number of pyridine rings is 1. The molecule has 4 rings (SSSR count). The van der Waals surface area contributed by atoms with Crippen LogP contribution in [0, 0.1) is 0 Å². The first-order chi connectivity index (χ1) is 13.7. The third kappa shape index (κ3) is 3.08. The van der Waals surface area contributed by atoms with E-state index in [9.17, 15) is 4.79 Å². The van der Waals surface area contributed by atoms with Crippen LogP contribution in [0.4, 0.5) is 5.69 Å². The summed E-state index contributed by atoms with van der Waals surface area (Å²) in [5.74, 6) is 6.22. The van der Waals surface area contributed by atoms with Crippen LogP contribution in [0.1, 0.15) is 10.4 Å². The van der Waals surface area contributed by atoms with Crippen molar-refractivity contribution in [2.24, 2.45) is 5.84 Å². The lowest BCUT2D eigenvalue weighted by atomic mass is 10.0. The van der Waals surface area contributed by atoms with Gasteiger partial charge in [-0.1, -0.05) is 66.7 Å². The predicted octanol–water partition coefficient (Wildman–Crippen LogP) is 4.43. The number of ether oxygens (including phenoxy) is 1. The molecule has 1 heterocycles. The van der Waals surface area contributed by atoms with Gasteiger partial charge < -0.3 is 4.74 Å². The second-order valence-corrected chi connectivity index (χ2v) is 6.26. The van der Waals surface area contributed by atoms with Gasteiger partial charge in [-0.3, -0.25) is 4.79 Å². The number of benzene rings is 3. The molecule has 28 heavy (non-hydrogen) atoms. The summed E-state index contributed by atoms with van der Waals surface area (Å²) in [6, 6.07) is 26.2. The van der Waals surface area contributed by atoms with Gasteiger partial charge in [0.25, 0.3) is 5.91 Å². The van der Waals surface area contributed by atoms with Crippen molar-refractivity contribution in [1.29, 1.82) is 0 Å². The fourth-order valence-electron chi connectivity index (χ4n) is 3.22. The van der Waals surface area contributed by atoms with E-state index in [1.807, 2.05) is 72.8 Å². The first-order valence-electron chi connectivity index (χ1n) is 8.87. The number of amides is 1.